The first kappa shape index (κ1) is 27.2. The molecular weight excluding hydrogens is 422 g/mol. The van der Waals surface area contributed by atoms with Crippen LogP contribution in [0.4, 0.5) is 0 Å². The van der Waals surface area contributed by atoms with Gasteiger partial charge in [-0.1, -0.05) is 65.7 Å². The van der Waals surface area contributed by atoms with Crippen LogP contribution in [0.5, 0.6) is 0 Å². The number of hydrogen-bond donors (Lipinski definition) is 2. The van der Waals surface area contributed by atoms with Crippen molar-refractivity contribution >= 4 is 0 Å². The first-order valence-electron chi connectivity index (χ1n) is 14.0. The van der Waals surface area contributed by atoms with Gasteiger partial charge in [-0.3, -0.25) is 4.68 Å². The van der Waals surface area contributed by atoms with Crippen LogP contribution in [0.1, 0.15) is 117 Å². The van der Waals surface area contributed by atoms with Crippen molar-refractivity contribution in [2.24, 2.45) is 29.6 Å². The lowest BCUT2D eigenvalue weighted by Gasteiger charge is -2.38. The molecule has 1 aromatic heterocycles. The highest BCUT2D eigenvalue weighted by Crippen LogP contribution is 2.44. The van der Waals surface area contributed by atoms with Gasteiger partial charge in [0, 0.05) is 6.20 Å². The van der Waals surface area contributed by atoms with E-state index in [4.69, 9.17) is 5.26 Å². The second-order valence-electron chi connectivity index (χ2n) is 12.1. The summed E-state index contributed by atoms with van der Waals surface area (Å²) in [4.78, 5) is 0. The predicted octanol–water partition coefficient (Wildman–Crippen LogP) is 6.48. The maximum absolute atomic E-state index is 11.6. The number of nitriles is 1. The van der Waals surface area contributed by atoms with Crippen LogP contribution in [0, 0.1) is 40.9 Å². The number of hydrogen-bond acceptors (Lipinski definition) is 4. The Morgan fingerprint density at radius 2 is 1.85 bits per heavy atom. The molecule has 1 aromatic rings. The topological polar surface area (TPSA) is 82.1 Å². The van der Waals surface area contributed by atoms with Crippen LogP contribution in [-0.4, -0.2) is 31.2 Å². The van der Waals surface area contributed by atoms with Gasteiger partial charge in [-0.05, 0) is 75.0 Å². The zero-order valence-electron chi connectivity index (χ0n) is 22.2. The molecule has 0 aromatic carbocycles. The minimum Gasteiger partial charge on any atom is -0.390 e. The SMILES string of the molecule is CCC[C@]1(O)CCCC[C@H]2CCC[C@H]([C@](C)(O)Cn3cc(C#N)cn3)[C@@H](C)CC[C@@H]2[C@@H](C)CC1. The molecule has 34 heavy (non-hydrogen) atoms. The molecule has 0 bridgehead atoms. The Kier molecular flexibility index (Phi) is 9.64. The molecule has 5 heteroatoms. The highest BCUT2D eigenvalue weighted by atomic mass is 16.3. The van der Waals surface area contributed by atoms with E-state index in [9.17, 15) is 10.2 Å². The van der Waals surface area contributed by atoms with E-state index >= 15 is 0 Å². The van der Waals surface area contributed by atoms with Gasteiger partial charge < -0.3 is 10.2 Å². The summed E-state index contributed by atoms with van der Waals surface area (Å²) in [5.74, 6) is 2.80. The van der Waals surface area contributed by atoms with E-state index in [1.807, 2.05) is 6.92 Å². The molecule has 0 spiro atoms. The summed E-state index contributed by atoms with van der Waals surface area (Å²) in [5, 5.41) is 36.2. The highest BCUT2D eigenvalue weighted by Gasteiger charge is 2.39. The number of nitrogens with zero attached hydrogens (tertiary/aromatic N) is 3. The van der Waals surface area contributed by atoms with Crippen LogP contribution in [0.15, 0.2) is 12.4 Å². The first-order valence-corrected chi connectivity index (χ1v) is 14.0. The maximum Gasteiger partial charge on any atom is 0.102 e. The average Bonchev–Trinajstić information content (AvgIpc) is 3.25. The molecule has 0 amide bonds. The van der Waals surface area contributed by atoms with E-state index in [1.54, 1.807) is 17.1 Å². The van der Waals surface area contributed by atoms with Gasteiger partial charge in [0.25, 0.3) is 0 Å². The molecule has 1 heterocycles. The van der Waals surface area contributed by atoms with Crippen LogP contribution < -0.4 is 0 Å². The molecule has 2 aliphatic carbocycles. The van der Waals surface area contributed by atoms with Gasteiger partial charge in [0.2, 0.25) is 0 Å². The molecule has 2 N–H and O–H groups in total. The molecule has 2 aliphatic rings. The van der Waals surface area contributed by atoms with Gasteiger partial charge in [0.05, 0.1) is 29.5 Å². The normalized spacial score (nSPS) is 35.6. The van der Waals surface area contributed by atoms with Crippen molar-refractivity contribution in [2.45, 2.75) is 129 Å². The predicted molar refractivity (Wildman–Crippen MR) is 137 cm³/mol. The van der Waals surface area contributed by atoms with E-state index in [1.165, 1.54) is 32.1 Å². The largest absolute Gasteiger partial charge is 0.390 e. The third-order valence-electron chi connectivity index (χ3n) is 9.36. The van der Waals surface area contributed by atoms with Crippen molar-refractivity contribution < 1.29 is 10.2 Å². The number of fused-ring (bicyclic) bond motifs is 1. The van der Waals surface area contributed by atoms with E-state index < -0.39 is 11.2 Å². The van der Waals surface area contributed by atoms with Gasteiger partial charge in [-0.2, -0.15) is 10.4 Å². The molecular formula is C29H49N3O2. The summed E-state index contributed by atoms with van der Waals surface area (Å²) in [7, 11) is 0. The zero-order valence-corrected chi connectivity index (χ0v) is 22.2. The summed E-state index contributed by atoms with van der Waals surface area (Å²) >= 11 is 0. The lowest BCUT2D eigenvalue weighted by atomic mass is 9.70. The van der Waals surface area contributed by atoms with E-state index in [2.05, 4.69) is 31.9 Å². The Balaban J connectivity index is 1.70. The van der Waals surface area contributed by atoms with Crippen molar-refractivity contribution in [2.75, 3.05) is 0 Å². The smallest absolute Gasteiger partial charge is 0.102 e. The summed E-state index contributed by atoms with van der Waals surface area (Å²) in [6.45, 7) is 9.36. The van der Waals surface area contributed by atoms with Crippen LogP contribution in [0.25, 0.3) is 0 Å². The van der Waals surface area contributed by atoms with Gasteiger partial charge in [-0.25, -0.2) is 0 Å². The Labute approximate surface area is 207 Å². The molecule has 0 saturated heterocycles. The van der Waals surface area contributed by atoms with Crippen molar-refractivity contribution in [1.29, 1.82) is 5.26 Å². The van der Waals surface area contributed by atoms with Crippen molar-refractivity contribution in [1.82, 2.24) is 9.78 Å². The first-order chi connectivity index (χ1) is 16.2. The lowest BCUT2D eigenvalue weighted by Crippen LogP contribution is -2.42. The molecule has 0 unspecified atom stereocenters. The minimum atomic E-state index is -0.849. The van der Waals surface area contributed by atoms with Gasteiger partial charge in [-0.15, -0.1) is 0 Å². The Bertz CT molecular complexity index is 798. The second-order valence-corrected chi connectivity index (χ2v) is 12.1. The monoisotopic (exact) mass is 471 g/mol. The molecule has 5 nitrogen and oxygen atoms in total. The van der Waals surface area contributed by atoms with Gasteiger partial charge in [0.1, 0.15) is 6.07 Å². The summed E-state index contributed by atoms with van der Waals surface area (Å²) in [6.07, 6.45) is 17.9. The van der Waals surface area contributed by atoms with Gasteiger partial charge in [0.15, 0.2) is 0 Å². The summed E-state index contributed by atoms with van der Waals surface area (Å²) in [6, 6.07) is 2.13. The summed E-state index contributed by atoms with van der Waals surface area (Å²) < 4.78 is 1.73. The molecule has 3 rings (SSSR count). The third-order valence-corrected chi connectivity index (χ3v) is 9.36. The number of aliphatic hydroxyl groups is 2. The van der Waals surface area contributed by atoms with Crippen molar-refractivity contribution in [3.63, 3.8) is 0 Å². The lowest BCUT2D eigenvalue weighted by molar-refractivity contribution is -0.0459. The Morgan fingerprint density at radius 1 is 1.09 bits per heavy atom. The van der Waals surface area contributed by atoms with Crippen LogP contribution >= 0.6 is 0 Å². The van der Waals surface area contributed by atoms with Crippen LogP contribution in [-0.2, 0) is 6.54 Å². The molecule has 0 aliphatic heterocycles. The minimum absolute atomic E-state index is 0.224. The standard InChI is InChI=1S/C29H49N3O2/c1-5-15-29(34)16-7-6-9-25-10-8-11-27(23(3)12-13-26(25)22(2)14-17-29)28(4,33)21-32-20-24(18-30)19-31-32/h19-20,22-23,25-27,33-34H,5-17,21H2,1-4H3/t22-,23-,25-,26+,27-,28+,29-/m0/s1. The Morgan fingerprint density at radius 3 is 2.56 bits per heavy atom. The zero-order chi connectivity index (χ0) is 24.8. The average molecular weight is 472 g/mol. The highest BCUT2D eigenvalue weighted by molar-refractivity contribution is 5.21. The fourth-order valence-corrected chi connectivity index (χ4v) is 7.39. The van der Waals surface area contributed by atoms with Crippen molar-refractivity contribution in [3.8, 4) is 6.07 Å². The van der Waals surface area contributed by atoms with Crippen LogP contribution in [0.2, 0.25) is 0 Å². The van der Waals surface area contributed by atoms with E-state index in [0.717, 1.165) is 63.2 Å². The molecule has 7 atom stereocenters. The molecule has 192 valence electrons. The van der Waals surface area contributed by atoms with E-state index in [0.29, 0.717) is 23.9 Å². The fourth-order valence-electron chi connectivity index (χ4n) is 7.39. The third kappa shape index (κ3) is 7.08. The number of rotatable bonds is 5. The van der Waals surface area contributed by atoms with Crippen LogP contribution in [0.3, 0.4) is 0 Å². The molecule has 2 fully saturated rings. The second kappa shape index (κ2) is 12.0. The maximum atomic E-state index is 11.6. The quantitative estimate of drug-likeness (QED) is 0.515. The summed E-state index contributed by atoms with van der Waals surface area (Å²) in [5.41, 5.74) is -0.761. The van der Waals surface area contributed by atoms with Gasteiger partial charge >= 0.3 is 0 Å². The number of aromatic nitrogens is 2. The molecule has 2 saturated carbocycles. The fraction of sp³-hybridized carbons (Fsp3) is 0.862. The molecule has 0 radical (unpaired) electrons. The van der Waals surface area contributed by atoms with Crippen molar-refractivity contribution in [3.05, 3.63) is 18.0 Å². The Hall–Kier alpha value is -1.38. The van der Waals surface area contributed by atoms with E-state index in [-0.39, 0.29) is 5.92 Å².